The third-order valence-electron chi connectivity index (χ3n) is 2.13. The van der Waals surface area contributed by atoms with Gasteiger partial charge in [-0.3, -0.25) is 0 Å². The van der Waals surface area contributed by atoms with Crippen molar-refractivity contribution < 1.29 is 0 Å². The monoisotopic (exact) mass is 160 g/mol. The molecule has 0 heterocycles. The highest BCUT2D eigenvalue weighted by molar-refractivity contribution is 6.73. The fourth-order valence-corrected chi connectivity index (χ4v) is 2.72. The minimum atomic E-state index is -1.22. The maximum Gasteiger partial charge on any atom is 0.197 e. The lowest BCUT2D eigenvalue weighted by molar-refractivity contribution is 0.832. The second kappa shape index (κ2) is 4.88. The zero-order valence-corrected chi connectivity index (χ0v) is 8.62. The van der Waals surface area contributed by atoms with E-state index < -0.39 is 8.40 Å². The molecule has 0 atom stereocenters. The van der Waals surface area contributed by atoms with Crippen LogP contribution in [0.3, 0.4) is 0 Å². The van der Waals surface area contributed by atoms with Crippen LogP contribution >= 0.6 is 0 Å². The Hall–Kier alpha value is 0.137. The molecule has 0 fully saturated rings. The maximum atomic E-state index is 3.39. The smallest absolute Gasteiger partial charge is 0.197 e. The van der Waals surface area contributed by atoms with Crippen LogP contribution in [0.1, 0.15) is 19.8 Å². The lowest BCUT2D eigenvalue weighted by Crippen LogP contribution is -2.56. The Morgan fingerprint density at radius 1 is 1.20 bits per heavy atom. The summed E-state index contributed by atoms with van der Waals surface area (Å²) in [4.78, 5) is 6.78. The van der Waals surface area contributed by atoms with Gasteiger partial charge in [0.05, 0.1) is 0 Å². The molecule has 10 heavy (non-hydrogen) atoms. The Morgan fingerprint density at radius 2 is 1.70 bits per heavy atom. The minimum absolute atomic E-state index is 1.22. The van der Waals surface area contributed by atoms with Crippen LogP contribution in [0, 0.1) is 0 Å². The zero-order chi connectivity index (χ0) is 8.04. The van der Waals surface area contributed by atoms with Gasteiger partial charge >= 0.3 is 0 Å². The zero-order valence-electron chi connectivity index (χ0n) is 7.62. The van der Waals surface area contributed by atoms with Crippen molar-refractivity contribution in [2.75, 3.05) is 14.1 Å². The van der Waals surface area contributed by atoms with Crippen LogP contribution in [-0.2, 0) is 0 Å². The van der Waals surface area contributed by atoms with Crippen molar-refractivity contribution in [3.05, 3.63) is 0 Å². The molecule has 0 bridgehead atoms. The fourth-order valence-electron chi connectivity index (χ4n) is 0.905. The van der Waals surface area contributed by atoms with Crippen LogP contribution in [0.4, 0.5) is 0 Å². The number of hydrogen-bond acceptors (Lipinski definition) is 2. The predicted molar refractivity (Wildman–Crippen MR) is 49.5 cm³/mol. The SMILES string of the molecule is CCCC[Si](C)(NC)NC. The van der Waals surface area contributed by atoms with Gasteiger partial charge in [-0.15, -0.1) is 0 Å². The van der Waals surface area contributed by atoms with E-state index >= 15 is 0 Å². The molecule has 3 heteroatoms. The van der Waals surface area contributed by atoms with Crippen molar-refractivity contribution in [1.29, 1.82) is 0 Å². The largest absolute Gasteiger partial charge is 0.328 e. The molecule has 0 aliphatic rings. The van der Waals surface area contributed by atoms with Crippen molar-refractivity contribution in [2.24, 2.45) is 0 Å². The highest BCUT2D eigenvalue weighted by atomic mass is 28.3. The quantitative estimate of drug-likeness (QED) is 0.592. The van der Waals surface area contributed by atoms with Crippen molar-refractivity contribution in [3.63, 3.8) is 0 Å². The second-order valence-electron chi connectivity index (χ2n) is 2.94. The maximum absolute atomic E-state index is 3.39. The molecule has 0 amide bonds. The van der Waals surface area contributed by atoms with Gasteiger partial charge in [-0.2, -0.15) is 0 Å². The van der Waals surface area contributed by atoms with E-state index in [0.29, 0.717) is 0 Å². The Morgan fingerprint density at radius 3 is 2.00 bits per heavy atom. The third kappa shape index (κ3) is 3.34. The first-order chi connectivity index (χ1) is 4.68. The molecule has 0 unspecified atom stereocenters. The predicted octanol–water partition coefficient (Wildman–Crippen LogP) is 1.30. The molecular weight excluding hydrogens is 140 g/mol. The fraction of sp³-hybridized carbons (Fsp3) is 1.00. The van der Waals surface area contributed by atoms with Crippen LogP contribution in [0.25, 0.3) is 0 Å². The number of nitrogens with one attached hydrogen (secondary N) is 2. The molecule has 2 N–H and O–H groups in total. The molecule has 0 aromatic rings. The average Bonchev–Trinajstić information content (AvgIpc) is 2.00. The number of unbranched alkanes of at least 4 members (excludes halogenated alkanes) is 1. The highest BCUT2D eigenvalue weighted by Gasteiger charge is 2.21. The van der Waals surface area contributed by atoms with Gasteiger partial charge in [-0.05, 0) is 26.7 Å². The van der Waals surface area contributed by atoms with Crippen LogP contribution in [0.2, 0.25) is 12.6 Å². The van der Waals surface area contributed by atoms with Crippen molar-refractivity contribution >= 4 is 8.40 Å². The van der Waals surface area contributed by atoms with Gasteiger partial charge in [0.25, 0.3) is 0 Å². The second-order valence-corrected chi connectivity index (χ2v) is 7.10. The summed E-state index contributed by atoms with van der Waals surface area (Å²) in [7, 11) is 2.89. The molecule has 0 saturated heterocycles. The molecule has 2 nitrogen and oxygen atoms in total. The summed E-state index contributed by atoms with van der Waals surface area (Å²) in [5, 5.41) is 0. The summed E-state index contributed by atoms with van der Waals surface area (Å²) in [6.07, 6.45) is 2.64. The van der Waals surface area contributed by atoms with E-state index in [-0.39, 0.29) is 0 Å². The van der Waals surface area contributed by atoms with Gasteiger partial charge in [-0.25, -0.2) is 0 Å². The minimum Gasteiger partial charge on any atom is -0.328 e. The Balaban J connectivity index is 3.58. The van der Waals surface area contributed by atoms with E-state index in [1.165, 1.54) is 18.9 Å². The van der Waals surface area contributed by atoms with Crippen LogP contribution in [0.15, 0.2) is 0 Å². The van der Waals surface area contributed by atoms with Crippen LogP contribution < -0.4 is 9.96 Å². The molecule has 0 aliphatic carbocycles. The van der Waals surface area contributed by atoms with E-state index in [9.17, 15) is 0 Å². The highest BCUT2D eigenvalue weighted by Crippen LogP contribution is 2.05. The summed E-state index contributed by atoms with van der Waals surface area (Å²) in [5.41, 5.74) is 0. The van der Waals surface area contributed by atoms with E-state index in [4.69, 9.17) is 0 Å². The first-order valence-electron chi connectivity index (χ1n) is 4.06. The average molecular weight is 160 g/mol. The molecule has 0 saturated carbocycles. The number of rotatable bonds is 5. The summed E-state index contributed by atoms with van der Waals surface area (Å²) < 4.78 is 0. The summed E-state index contributed by atoms with van der Waals surface area (Å²) in [5.74, 6) is 0. The first kappa shape index (κ1) is 10.1. The Bertz CT molecular complexity index is 81.7. The van der Waals surface area contributed by atoms with Crippen molar-refractivity contribution in [2.45, 2.75) is 32.4 Å². The molecular formula is C7H20N2Si. The molecule has 0 aromatic heterocycles. The van der Waals surface area contributed by atoms with Crippen molar-refractivity contribution in [3.8, 4) is 0 Å². The van der Waals surface area contributed by atoms with E-state index in [0.717, 1.165) is 0 Å². The van der Waals surface area contributed by atoms with E-state index in [1.807, 2.05) is 0 Å². The van der Waals surface area contributed by atoms with E-state index in [1.54, 1.807) is 0 Å². The topological polar surface area (TPSA) is 24.1 Å². The van der Waals surface area contributed by atoms with E-state index in [2.05, 4.69) is 37.5 Å². The Labute approximate surface area is 65.6 Å². The van der Waals surface area contributed by atoms with Gasteiger partial charge in [-0.1, -0.05) is 19.8 Å². The molecule has 0 spiro atoms. The Kier molecular flexibility index (Phi) is 4.94. The number of hydrogen-bond donors (Lipinski definition) is 2. The standard InChI is InChI=1S/C7H20N2Si/c1-5-6-7-10(4,8-2)9-3/h8-9H,5-7H2,1-4H3. The van der Waals surface area contributed by atoms with Gasteiger partial charge in [0.15, 0.2) is 8.40 Å². The van der Waals surface area contributed by atoms with Gasteiger partial charge in [0, 0.05) is 0 Å². The third-order valence-corrected chi connectivity index (χ3v) is 5.69. The van der Waals surface area contributed by atoms with Gasteiger partial charge in [0.2, 0.25) is 0 Å². The lowest BCUT2D eigenvalue weighted by Gasteiger charge is -2.24. The summed E-state index contributed by atoms with van der Waals surface area (Å²) in [6.45, 7) is 4.56. The summed E-state index contributed by atoms with van der Waals surface area (Å²) in [6, 6.07) is 1.33. The summed E-state index contributed by atoms with van der Waals surface area (Å²) >= 11 is 0. The van der Waals surface area contributed by atoms with Crippen molar-refractivity contribution in [1.82, 2.24) is 9.96 Å². The van der Waals surface area contributed by atoms with Crippen LogP contribution in [0.5, 0.6) is 0 Å². The van der Waals surface area contributed by atoms with Gasteiger partial charge in [0.1, 0.15) is 0 Å². The lowest BCUT2D eigenvalue weighted by atomic mass is 10.4. The molecule has 0 aromatic carbocycles. The molecule has 0 aliphatic heterocycles. The molecule has 62 valence electrons. The first-order valence-corrected chi connectivity index (χ1v) is 6.77. The molecule has 0 radical (unpaired) electrons. The normalized spacial score (nSPS) is 12.0. The van der Waals surface area contributed by atoms with Crippen LogP contribution in [-0.4, -0.2) is 22.5 Å². The van der Waals surface area contributed by atoms with Gasteiger partial charge < -0.3 is 9.96 Å². The molecule has 0 rings (SSSR count).